The maximum atomic E-state index is 12.5. The molecule has 0 aliphatic heterocycles. The van der Waals surface area contributed by atoms with Crippen molar-refractivity contribution in [1.29, 1.82) is 0 Å². The third kappa shape index (κ3) is 4.23. The number of rotatable bonds is 4. The zero-order valence-electron chi connectivity index (χ0n) is 7.83. The van der Waals surface area contributed by atoms with Crippen molar-refractivity contribution in [3.63, 3.8) is 0 Å². The Morgan fingerprint density at radius 3 is 2.36 bits per heavy atom. The molecule has 3 nitrogen and oxygen atoms in total. The van der Waals surface area contributed by atoms with Gasteiger partial charge in [-0.25, -0.2) is 12.8 Å². The average Bonchev–Trinajstić information content (AvgIpc) is 2.06. The molecule has 0 saturated heterocycles. The number of hydrogen-bond acceptors (Lipinski definition) is 3. The summed E-state index contributed by atoms with van der Waals surface area (Å²) in [5.74, 6) is -0.233. The molecule has 0 unspecified atom stereocenters. The van der Waals surface area contributed by atoms with Crippen molar-refractivity contribution in [2.24, 2.45) is 0 Å². The van der Waals surface area contributed by atoms with E-state index in [-0.39, 0.29) is 11.6 Å². The second-order valence-electron chi connectivity index (χ2n) is 3.06. The Labute approximate surface area is 82.9 Å². The Morgan fingerprint density at radius 2 is 1.86 bits per heavy atom. The van der Waals surface area contributed by atoms with Crippen molar-refractivity contribution in [1.82, 2.24) is 0 Å². The van der Waals surface area contributed by atoms with E-state index in [9.17, 15) is 12.8 Å². The van der Waals surface area contributed by atoms with Gasteiger partial charge in [0.15, 0.2) is 0 Å². The first-order valence-corrected chi connectivity index (χ1v) is 6.20. The van der Waals surface area contributed by atoms with Gasteiger partial charge in [-0.1, -0.05) is 0 Å². The highest BCUT2D eigenvalue weighted by atomic mass is 32.2. The second kappa shape index (κ2) is 4.41. The highest BCUT2D eigenvalue weighted by Gasteiger charge is 2.00. The van der Waals surface area contributed by atoms with E-state index < -0.39 is 9.84 Å². The molecule has 1 rings (SSSR count). The number of nitrogens with one attached hydrogen (secondary N) is 1. The van der Waals surface area contributed by atoms with Gasteiger partial charge in [0.25, 0.3) is 0 Å². The van der Waals surface area contributed by atoms with Gasteiger partial charge in [0.1, 0.15) is 15.7 Å². The van der Waals surface area contributed by atoms with Crippen LogP contribution in [0.4, 0.5) is 10.1 Å². The molecule has 0 atom stereocenters. The predicted octanol–water partition coefficient (Wildman–Crippen LogP) is 1.28. The molecule has 0 spiro atoms. The standard InChI is InChI=1S/C9H12FNO2S/c1-14(12,13)7-6-11-9-4-2-8(10)3-5-9/h2-5,11H,6-7H2,1H3. The first-order chi connectivity index (χ1) is 6.47. The topological polar surface area (TPSA) is 46.2 Å². The number of anilines is 1. The highest BCUT2D eigenvalue weighted by molar-refractivity contribution is 7.90. The summed E-state index contributed by atoms with van der Waals surface area (Å²) in [5.41, 5.74) is 0.718. The van der Waals surface area contributed by atoms with Crippen LogP contribution in [0.5, 0.6) is 0 Å². The molecule has 1 N–H and O–H groups in total. The Kier molecular flexibility index (Phi) is 3.46. The maximum absolute atomic E-state index is 12.5. The van der Waals surface area contributed by atoms with Crippen molar-refractivity contribution in [2.45, 2.75) is 0 Å². The monoisotopic (exact) mass is 217 g/mol. The van der Waals surface area contributed by atoms with E-state index in [4.69, 9.17) is 0 Å². The number of hydrogen-bond donors (Lipinski definition) is 1. The number of halogens is 1. The fourth-order valence-electron chi connectivity index (χ4n) is 0.949. The zero-order chi connectivity index (χ0) is 10.6. The van der Waals surface area contributed by atoms with Crippen molar-refractivity contribution < 1.29 is 12.8 Å². The smallest absolute Gasteiger partial charge is 0.149 e. The summed E-state index contributed by atoms with van der Waals surface area (Å²) in [6.07, 6.45) is 1.18. The van der Waals surface area contributed by atoms with E-state index in [1.54, 1.807) is 12.1 Å². The fraction of sp³-hybridized carbons (Fsp3) is 0.333. The lowest BCUT2D eigenvalue weighted by molar-refractivity contribution is 0.602. The van der Waals surface area contributed by atoms with Gasteiger partial charge in [-0.3, -0.25) is 0 Å². The van der Waals surface area contributed by atoms with Crippen molar-refractivity contribution in [2.75, 3.05) is 23.9 Å². The Hall–Kier alpha value is -1.10. The minimum absolute atomic E-state index is 0.0738. The van der Waals surface area contributed by atoms with E-state index >= 15 is 0 Å². The number of benzene rings is 1. The van der Waals surface area contributed by atoms with Gasteiger partial charge < -0.3 is 5.32 Å². The molecule has 0 amide bonds. The Morgan fingerprint density at radius 1 is 1.29 bits per heavy atom. The van der Waals surface area contributed by atoms with Crippen molar-refractivity contribution >= 4 is 15.5 Å². The van der Waals surface area contributed by atoms with Crippen LogP contribution in [0.15, 0.2) is 24.3 Å². The maximum Gasteiger partial charge on any atom is 0.149 e. The molecule has 0 bridgehead atoms. The summed E-state index contributed by atoms with van der Waals surface area (Å²) in [6, 6.07) is 5.78. The Balaban J connectivity index is 2.43. The van der Waals surface area contributed by atoms with Crippen LogP contribution in [0.3, 0.4) is 0 Å². The van der Waals surface area contributed by atoms with Gasteiger partial charge >= 0.3 is 0 Å². The Bertz CT molecular complexity index is 386. The third-order valence-electron chi connectivity index (χ3n) is 1.65. The van der Waals surface area contributed by atoms with Crippen LogP contribution in [0.25, 0.3) is 0 Å². The zero-order valence-corrected chi connectivity index (χ0v) is 8.64. The summed E-state index contributed by atoms with van der Waals surface area (Å²) < 4.78 is 34.0. The molecule has 0 radical (unpaired) electrons. The fourth-order valence-corrected chi connectivity index (χ4v) is 1.42. The minimum Gasteiger partial charge on any atom is -0.384 e. The summed E-state index contributed by atoms with van der Waals surface area (Å²) in [5, 5.41) is 2.88. The molecule has 0 fully saturated rings. The first kappa shape index (κ1) is 11.0. The lowest BCUT2D eigenvalue weighted by Gasteiger charge is -2.04. The number of sulfone groups is 1. The molecule has 0 aliphatic rings. The van der Waals surface area contributed by atoms with Gasteiger partial charge in [0.05, 0.1) is 5.75 Å². The largest absolute Gasteiger partial charge is 0.384 e. The normalized spacial score (nSPS) is 11.3. The van der Waals surface area contributed by atoms with Crippen LogP contribution in [0, 0.1) is 5.82 Å². The third-order valence-corrected chi connectivity index (χ3v) is 2.59. The van der Waals surface area contributed by atoms with Gasteiger partial charge in [-0.05, 0) is 24.3 Å². The summed E-state index contributed by atoms with van der Waals surface area (Å²) in [4.78, 5) is 0. The first-order valence-electron chi connectivity index (χ1n) is 4.14. The molecule has 0 aromatic heterocycles. The van der Waals surface area contributed by atoms with Crippen LogP contribution < -0.4 is 5.32 Å². The lowest BCUT2D eigenvalue weighted by atomic mass is 10.3. The average molecular weight is 217 g/mol. The summed E-state index contributed by atoms with van der Waals surface area (Å²) >= 11 is 0. The van der Waals surface area contributed by atoms with Gasteiger partial charge in [-0.15, -0.1) is 0 Å². The molecule has 1 aromatic carbocycles. The van der Waals surface area contributed by atoms with E-state index in [0.29, 0.717) is 6.54 Å². The van der Waals surface area contributed by atoms with Gasteiger partial charge in [-0.2, -0.15) is 0 Å². The van der Waals surface area contributed by atoms with Crippen LogP contribution in [0.1, 0.15) is 0 Å². The summed E-state index contributed by atoms with van der Waals surface area (Å²) in [7, 11) is -2.94. The molecular formula is C9H12FNO2S. The predicted molar refractivity (Wildman–Crippen MR) is 54.6 cm³/mol. The molecule has 1 aromatic rings. The van der Waals surface area contributed by atoms with Gasteiger partial charge in [0.2, 0.25) is 0 Å². The minimum atomic E-state index is -2.94. The second-order valence-corrected chi connectivity index (χ2v) is 5.32. The van der Waals surface area contributed by atoms with Crippen LogP contribution >= 0.6 is 0 Å². The summed E-state index contributed by atoms with van der Waals surface area (Å²) in [6.45, 7) is 0.338. The van der Waals surface area contributed by atoms with E-state index in [1.165, 1.54) is 18.4 Å². The van der Waals surface area contributed by atoms with Gasteiger partial charge in [0, 0.05) is 18.5 Å². The SMILES string of the molecule is CS(=O)(=O)CCNc1ccc(F)cc1. The highest BCUT2D eigenvalue weighted by Crippen LogP contribution is 2.07. The molecule has 0 heterocycles. The van der Waals surface area contributed by atoms with E-state index in [2.05, 4.69) is 5.32 Å². The molecule has 0 aliphatic carbocycles. The van der Waals surface area contributed by atoms with E-state index in [0.717, 1.165) is 5.69 Å². The molecule has 14 heavy (non-hydrogen) atoms. The molecule has 5 heteroatoms. The quantitative estimate of drug-likeness (QED) is 0.826. The van der Waals surface area contributed by atoms with Crippen molar-refractivity contribution in [3.8, 4) is 0 Å². The van der Waals surface area contributed by atoms with Crippen LogP contribution in [0.2, 0.25) is 0 Å². The van der Waals surface area contributed by atoms with Crippen LogP contribution in [-0.2, 0) is 9.84 Å². The van der Waals surface area contributed by atoms with Crippen molar-refractivity contribution in [3.05, 3.63) is 30.1 Å². The molecule has 0 saturated carbocycles. The lowest BCUT2D eigenvalue weighted by Crippen LogP contribution is -2.13. The molecular weight excluding hydrogens is 205 g/mol. The van der Waals surface area contributed by atoms with E-state index in [1.807, 2.05) is 0 Å². The molecule has 78 valence electrons. The van der Waals surface area contributed by atoms with Crippen LogP contribution in [-0.4, -0.2) is 27.0 Å².